The van der Waals surface area contributed by atoms with Crippen molar-refractivity contribution in [2.24, 2.45) is 0 Å². The van der Waals surface area contributed by atoms with Gasteiger partial charge in [-0.25, -0.2) is 0 Å². The molecule has 0 radical (unpaired) electrons. The minimum Gasteiger partial charge on any atom is -0.388 e. The van der Waals surface area contributed by atoms with Crippen LogP contribution in [0.4, 0.5) is 0 Å². The fourth-order valence-corrected chi connectivity index (χ4v) is 3.17. The Bertz CT molecular complexity index is 677. The molecule has 2 aliphatic rings. The number of H-pyrrole nitrogens is 1. The van der Waals surface area contributed by atoms with Crippen LogP contribution in [0.2, 0.25) is 0 Å². The Morgan fingerprint density at radius 3 is 2.95 bits per heavy atom. The van der Waals surface area contributed by atoms with Crippen molar-refractivity contribution in [1.82, 2.24) is 20.3 Å². The zero-order valence-corrected chi connectivity index (χ0v) is 11.0. The number of nitrogens with zero attached hydrogens (tertiary/aromatic N) is 3. The first-order chi connectivity index (χ1) is 9.67. The van der Waals surface area contributed by atoms with Gasteiger partial charge in [-0.3, -0.25) is 4.79 Å². The highest BCUT2D eigenvalue weighted by Crippen LogP contribution is 2.44. The summed E-state index contributed by atoms with van der Waals surface area (Å²) in [6.45, 7) is 0.725. The summed E-state index contributed by atoms with van der Waals surface area (Å²) in [5, 5.41) is 20.9. The van der Waals surface area contributed by atoms with Crippen molar-refractivity contribution in [3.05, 3.63) is 23.8 Å². The van der Waals surface area contributed by atoms with Crippen molar-refractivity contribution in [2.45, 2.75) is 37.3 Å². The maximum atomic E-state index is 12.7. The molecule has 104 valence electrons. The first kappa shape index (κ1) is 11.8. The lowest BCUT2D eigenvalue weighted by Gasteiger charge is -2.28. The number of hydrogen-bond acceptors (Lipinski definition) is 4. The Kier molecular flexibility index (Phi) is 2.38. The van der Waals surface area contributed by atoms with Gasteiger partial charge in [0.05, 0.1) is 11.6 Å². The van der Waals surface area contributed by atoms with E-state index in [1.807, 2.05) is 4.90 Å². The number of hydrogen-bond donors (Lipinski definition) is 2. The Morgan fingerprint density at radius 2 is 2.15 bits per heavy atom. The monoisotopic (exact) mass is 272 g/mol. The number of aromatic nitrogens is 3. The Morgan fingerprint density at radius 1 is 1.35 bits per heavy atom. The standard InChI is InChI=1S/C14H16N4O2/c19-13(9-3-4-10-11(8-9)16-17-15-10)18-7-1-2-12(18)14(20)5-6-14/h3-4,8,12,20H,1-2,5-7H2,(H,15,16,17). The summed E-state index contributed by atoms with van der Waals surface area (Å²) in [6.07, 6.45) is 3.48. The number of benzene rings is 1. The lowest BCUT2D eigenvalue weighted by atomic mass is 10.1. The van der Waals surface area contributed by atoms with E-state index in [0.29, 0.717) is 11.1 Å². The summed E-state index contributed by atoms with van der Waals surface area (Å²) in [4.78, 5) is 14.5. The van der Waals surface area contributed by atoms with E-state index in [0.717, 1.165) is 37.7 Å². The highest BCUT2D eigenvalue weighted by molar-refractivity contribution is 5.97. The summed E-state index contributed by atoms with van der Waals surface area (Å²) in [7, 11) is 0. The van der Waals surface area contributed by atoms with E-state index in [1.54, 1.807) is 18.2 Å². The molecule has 0 bridgehead atoms. The summed E-state index contributed by atoms with van der Waals surface area (Å²) in [5.74, 6) is -0.0160. The Hall–Kier alpha value is -1.95. The molecule has 1 aromatic heterocycles. The molecule has 1 aliphatic heterocycles. The van der Waals surface area contributed by atoms with Crippen molar-refractivity contribution in [2.75, 3.05) is 6.54 Å². The number of aromatic amines is 1. The zero-order valence-electron chi connectivity index (χ0n) is 11.0. The van der Waals surface area contributed by atoms with Crippen LogP contribution in [0.5, 0.6) is 0 Å². The summed E-state index contributed by atoms with van der Waals surface area (Å²) in [6, 6.07) is 5.30. The smallest absolute Gasteiger partial charge is 0.254 e. The van der Waals surface area contributed by atoms with Crippen LogP contribution in [0, 0.1) is 0 Å². The summed E-state index contributed by atoms with van der Waals surface area (Å²) in [5.41, 5.74) is 1.42. The topological polar surface area (TPSA) is 82.1 Å². The number of carbonyl (C=O) groups excluding carboxylic acids is 1. The number of aliphatic hydroxyl groups is 1. The van der Waals surface area contributed by atoms with Crippen LogP contribution in [-0.2, 0) is 0 Å². The second-order valence-corrected chi connectivity index (χ2v) is 5.79. The average Bonchev–Trinajstić information content (AvgIpc) is 2.93. The number of rotatable bonds is 2. The molecular weight excluding hydrogens is 256 g/mol. The van der Waals surface area contributed by atoms with Gasteiger partial charge in [-0.05, 0) is 43.9 Å². The van der Waals surface area contributed by atoms with Crippen molar-refractivity contribution < 1.29 is 9.90 Å². The SMILES string of the molecule is O=C(c1ccc2n[nH]nc2c1)N1CCCC1C1(O)CC1. The minimum absolute atomic E-state index is 0.0160. The summed E-state index contributed by atoms with van der Waals surface area (Å²) >= 11 is 0. The van der Waals surface area contributed by atoms with Gasteiger partial charge in [-0.2, -0.15) is 15.4 Å². The molecule has 20 heavy (non-hydrogen) atoms. The molecule has 1 atom stereocenters. The maximum Gasteiger partial charge on any atom is 0.254 e. The molecule has 2 heterocycles. The van der Waals surface area contributed by atoms with Crippen molar-refractivity contribution in [1.29, 1.82) is 0 Å². The molecule has 1 amide bonds. The van der Waals surface area contributed by atoms with Gasteiger partial charge in [-0.1, -0.05) is 0 Å². The number of nitrogens with one attached hydrogen (secondary N) is 1. The van der Waals surface area contributed by atoms with Crippen LogP contribution in [-0.4, -0.2) is 49.5 Å². The molecule has 2 aromatic rings. The van der Waals surface area contributed by atoms with Gasteiger partial charge in [0.1, 0.15) is 11.0 Å². The van der Waals surface area contributed by atoms with Crippen LogP contribution in [0.1, 0.15) is 36.0 Å². The Labute approximate surface area is 115 Å². The first-order valence-electron chi connectivity index (χ1n) is 7.01. The second kappa shape index (κ2) is 4.02. The lowest BCUT2D eigenvalue weighted by molar-refractivity contribution is 0.0386. The first-order valence-corrected chi connectivity index (χ1v) is 7.01. The van der Waals surface area contributed by atoms with Gasteiger partial charge >= 0.3 is 0 Å². The van der Waals surface area contributed by atoms with Gasteiger partial charge in [0.2, 0.25) is 0 Å². The minimum atomic E-state index is -0.635. The molecule has 1 unspecified atom stereocenters. The van der Waals surface area contributed by atoms with Gasteiger partial charge in [0.15, 0.2) is 0 Å². The van der Waals surface area contributed by atoms with Gasteiger partial charge in [0, 0.05) is 12.1 Å². The lowest BCUT2D eigenvalue weighted by Crippen LogP contribution is -2.44. The van der Waals surface area contributed by atoms with Crippen LogP contribution >= 0.6 is 0 Å². The van der Waals surface area contributed by atoms with Crippen LogP contribution in [0.3, 0.4) is 0 Å². The molecule has 0 spiro atoms. The molecule has 1 saturated heterocycles. The third-order valence-corrected chi connectivity index (χ3v) is 4.46. The fourth-order valence-electron chi connectivity index (χ4n) is 3.17. The quantitative estimate of drug-likeness (QED) is 0.857. The largest absolute Gasteiger partial charge is 0.388 e. The third-order valence-electron chi connectivity index (χ3n) is 4.46. The van der Waals surface area contributed by atoms with E-state index in [1.165, 1.54) is 0 Å². The van der Waals surface area contributed by atoms with Crippen molar-refractivity contribution in [3.63, 3.8) is 0 Å². The summed E-state index contributed by atoms with van der Waals surface area (Å²) < 4.78 is 0. The van der Waals surface area contributed by atoms with E-state index >= 15 is 0 Å². The predicted octanol–water partition coefficient (Wildman–Crippen LogP) is 1.09. The fraction of sp³-hybridized carbons (Fsp3) is 0.500. The van der Waals surface area contributed by atoms with Gasteiger partial charge in [0.25, 0.3) is 5.91 Å². The predicted molar refractivity (Wildman–Crippen MR) is 72.1 cm³/mol. The van der Waals surface area contributed by atoms with Gasteiger partial charge < -0.3 is 10.0 Å². The molecule has 2 N–H and O–H groups in total. The second-order valence-electron chi connectivity index (χ2n) is 5.79. The number of fused-ring (bicyclic) bond motifs is 1. The molecule has 1 aliphatic carbocycles. The molecular formula is C14H16N4O2. The Balaban J connectivity index is 1.65. The molecule has 1 aromatic carbocycles. The van der Waals surface area contributed by atoms with Crippen molar-refractivity contribution in [3.8, 4) is 0 Å². The third kappa shape index (κ3) is 1.71. The number of carbonyl (C=O) groups is 1. The van der Waals surface area contributed by atoms with E-state index in [-0.39, 0.29) is 11.9 Å². The molecule has 2 fully saturated rings. The van der Waals surface area contributed by atoms with Gasteiger partial charge in [-0.15, -0.1) is 0 Å². The zero-order chi connectivity index (χ0) is 13.7. The van der Waals surface area contributed by atoms with Crippen LogP contribution in [0.15, 0.2) is 18.2 Å². The van der Waals surface area contributed by atoms with E-state index < -0.39 is 5.60 Å². The number of amides is 1. The molecule has 4 rings (SSSR count). The normalized spacial score (nSPS) is 24.2. The molecule has 6 nitrogen and oxygen atoms in total. The van der Waals surface area contributed by atoms with Crippen molar-refractivity contribution >= 4 is 16.9 Å². The van der Waals surface area contributed by atoms with E-state index in [2.05, 4.69) is 15.4 Å². The van der Waals surface area contributed by atoms with E-state index in [9.17, 15) is 9.90 Å². The average molecular weight is 272 g/mol. The molecule has 1 saturated carbocycles. The number of likely N-dealkylation sites (tertiary alicyclic amines) is 1. The van der Waals surface area contributed by atoms with Crippen LogP contribution in [0.25, 0.3) is 11.0 Å². The maximum absolute atomic E-state index is 12.7. The highest BCUT2D eigenvalue weighted by atomic mass is 16.3. The van der Waals surface area contributed by atoms with E-state index in [4.69, 9.17) is 0 Å². The van der Waals surface area contributed by atoms with Crippen LogP contribution < -0.4 is 0 Å². The highest BCUT2D eigenvalue weighted by Gasteiger charge is 2.52. The molecule has 6 heteroatoms.